The van der Waals surface area contributed by atoms with E-state index in [1.54, 1.807) is 18.2 Å². The van der Waals surface area contributed by atoms with Crippen LogP contribution in [0.25, 0.3) is 0 Å². The Labute approximate surface area is 206 Å². The van der Waals surface area contributed by atoms with Crippen molar-refractivity contribution in [3.8, 4) is 0 Å². The average Bonchev–Trinajstić information content (AvgIpc) is 2.69. The number of rotatable bonds is 3. The van der Waals surface area contributed by atoms with Crippen molar-refractivity contribution in [3.63, 3.8) is 0 Å². The molecule has 0 N–H and O–H groups in total. The van der Waals surface area contributed by atoms with Crippen LogP contribution in [0.4, 0.5) is 0 Å². The molecule has 0 saturated carbocycles. The molecule has 0 unspecified atom stereocenters. The van der Waals surface area contributed by atoms with Gasteiger partial charge in [-0.05, 0) is 38.7 Å². The third kappa shape index (κ3) is 13.6. The number of hydrogen-bond acceptors (Lipinski definition) is 9. The van der Waals surface area contributed by atoms with E-state index >= 15 is 0 Å². The van der Waals surface area contributed by atoms with E-state index in [0.29, 0.717) is 0 Å². The molecule has 3 rings (SSSR count). The van der Waals surface area contributed by atoms with Crippen LogP contribution in [0.15, 0.2) is 91.0 Å². The van der Waals surface area contributed by atoms with E-state index < -0.39 is 22.8 Å². The second-order valence-electron chi connectivity index (χ2n) is 5.50. The summed E-state index contributed by atoms with van der Waals surface area (Å²) in [4.78, 5) is 61.8. The third-order valence-corrected chi connectivity index (χ3v) is 6.01. The molecule has 172 valence electrons. The quantitative estimate of drug-likeness (QED) is 0.242. The van der Waals surface area contributed by atoms with Gasteiger partial charge < -0.3 is 43.1 Å². The summed E-state index contributed by atoms with van der Waals surface area (Å²) in [6.45, 7) is 0. The van der Waals surface area contributed by atoms with E-state index in [4.69, 9.17) is 0 Å². The second kappa shape index (κ2) is 15.1. The molecule has 3 aromatic carbocycles. The van der Waals surface area contributed by atoms with Gasteiger partial charge in [0.2, 0.25) is 0 Å². The standard InChI is InChI=1S/3C6H7O3P.2Fe/c3*7-10(8,9)6-4-2-1-3-5-6;;/h3*1-5H,(H2,7,8,9);;/q;;;2*+3/p-6. The zero-order valence-corrected chi connectivity index (χ0v) is 20.8. The number of benzene rings is 3. The Bertz CT molecular complexity index is 900. The van der Waals surface area contributed by atoms with E-state index in [9.17, 15) is 43.1 Å². The Morgan fingerprint density at radius 1 is 0.375 bits per heavy atom. The molecule has 0 aliphatic heterocycles. The summed E-state index contributed by atoms with van der Waals surface area (Å²) >= 11 is 0. The van der Waals surface area contributed by atoms with Crippen molar-refractivity contribution in [1.29, 1.82) is 0 Å². The summed E-state index contributed by atoms with van der Waals surface area (Å²) in [5.41, 5.74) is 0. The molecule has 0 aliphatic rings. The maximum atomic E-state index is 10.3. The van der Waals surface area contributed by atoms with Crippen LogP contribution in [-0.4, -0.2) is 0 Å². The van der Waals surface area contributed by atoms with Crippen LogP contribution in [0.2, 0.25) is 0 Å². The van der Waals surface area contributed by atoms with Crippen LogP contribution in [0.5, 0.6) is 0 Å². The minimum atomic E-state index is -4.52. The molecule has 3 aromatic rings. The van der Waals surface area contributed by atoms with Crippen LogP contribution in [0.3, 0.4) is 0 Å². The van der Waals surface area contributed by atoms with E-state index in [-0.39, 0.29) is 50.1 Å². The summed E-state index contributed by atoms with van der Waals surface area (Å²) in [7, 11) is -13.6. The minimum Gasteiger partial charge on any atom is -0.807 e. The molecule has 0 spiro atoms. The van der Waals surface area contributed by atoms with Gasteiger partial charge in [0.05, 0.1) is 0 Å². The first-order valence-electron chi connectivity index (χ1n) is 8.05. The van der Waals surface area contributed by atoms with Crippen LogP contribution in [0, 0.1) is 0 Å². The van der Waals surface area contributed by atoms with Gasteiger partial charge in [-0.1, -0.05) is 91.0 Å². The normalized spacial score (nSPS) is 10.7. The molecule has 2 radical (unpaired) electrons. The molecule has 0 fully saturated rings. The van der Waals surface area contributed by atoms with Crippen LogP contribution in [0.1, 0.15) is 0 Å². The van der Waals surface area contributed by atoms with Crippen molar-refractivity contribution in [2.45, 2.75) is 0 Å². The molecule has 0 amide bonds. The summed E-state index contributed by atoms with van der Waals surface area (Å²) < 4.78 is 30.9. The van der Waals surface area contributed by atoms with Crippen molar-refractivity contribution in [3.05, 3.63) is 91.0 Å². The molecular weight excluding hydrogens is 565 g/mol. The summed E-state index contributed by atoms with van der Waals surface area (Å²) in [5, 5.41) is -0.472. The second-order valence-corrected chi connectivity index (χ2v) is 10.0. The van der Waals surface area contributed by atoms with Crippen molar-refractivity contribution in [2.24, 2.45) is 0 Å². The van der Waals surface area contributed by atoms with Crippen molar-refractivity contribution in [1.82, 2.24) is 0 Å². The third-order valence-electron chi connectivity index (χ3n) is 3.22. The molecule has 0 atom stereocenters. The monoisotopic (exact) mass is 580 g/mol. The smallest absolute Gasteiger partial charge is 0.807 e. The first-order valence-corrected chi connectivity index (χ1v) is 12.7. The van der Waals surface area contributed by atoms with Gasteiger partial charge in [0.1, 0.15) is 0 Å². The fourth-order valence-electron chi connectivity index (χ4n) is 1.83. The van der Waals surface area contributed by atoms with E-state index in [0.717, 1.165) is 0 Å². The first-order chi connectivity index (χ1) is 13.8. The molecule has 0 aliphatic carbocycles. The Kier molecular flexibility index (Phi) is 15.8. The van der Waals surface area contributed by atoms with Crippen LogP contribution in [-0.2, 0) is 47.8 Å². The molecule has 0 heterocycles. The van der Waals surface area contributed by atoms with Crippen molar-refractivity contribution < 1.29 is 77.2 Å². The van der Waals surface area contributed by atoms with Crippen molar-refractivity contribution in [2.75, 3.05) is 0 Å². The zero-order chi connectivity index (χ0) is 22.8. The summed E-state index contributed by atoms with van der Waals surface area (Å²) in [6.07, 6.45) is 0. The summed E-state index contributed by atoms with van der Waals surface area (Å²) in [6, 6.07) is 21.7. The molecule has 14 heteroatoms. The molecule has 32 heavy (non-hydrogen) atoms. The topological polar surface area (TPSA) is 190 Å². The van der Waals surface area contributed by atoms with Gasteiger partial charge in [0.25, 0.3) is 0 Å². The van der Waals surface area contributed by atoms with Gasteiger partial charge in [0.15, 0.2) is 0 Å². The van der Waals surface area contributed by atoms with E-state index in [2.05, 4.69) is 0 Å². The SMILES string of the molecule is O=P([O-])([O-])c1ccccc1.O=P([O-])([O-])c1ccccc1.O=P([O-])([O-])c1ccccc1.[Fe+3].[Fe+3]. The Balaban J connectivity index is 0. The number of hydrogen-bond donors (Lipinski definition) is 0. The van der Waals surface area contributed by atoms with Crippen LogP contribution >= 0.6 is 22.8 Å². The predicted molar refractivity (Wildman–Crippen MR) is 101 cm³/mol. The van der Waals surface area contributed by atoms with Gasteiger partial charge in [-0.2, -0.15) is 0 Å². The maximum absolute atomic E-state index is 10.3. The van der Waals surface area contributed by atoms with E-state index in [1.807, 2.05) is 0 Å². The Morgan fingerprint density at radius 2 is 0.531 bits per heavy atom. The van der Waals surface area contributed by atoms with Crippen LogP contribution < -0.4 is 45.3 Å². The molecule has 0 saturated heterocycles. The maximum Gasteiger partial charge on any atom is 3.00 e. The fourth-order valence-corrected chi connectivity index (χ4v) is 3.44. The zero-order valence-electron chi connectivity index (χ0n) is 15.9. The van der Waals surface area contributed by atoms with Gasteiger partial charge >= 0.3 is 34.1 Å². The Morgan fingerprint density at radius 3 is 0.625 bits per heavy atom. The van der Waals surface area contributed by atoms with E-state index in [1.165, 1.54) is 72.8 Å². The molecule has 9 nitrogen and oxygen atoms in total. The summed E-state index contributed by atoms with van der Waals surface area (Å²) in [5.74, 6) is 0. The average molecular weight is 580 g/mol. The van der Waals surface area contributed by atoms with Gasteiger partial charge in [-0.25, -0.2) is 0 Å². The fraction of sp³-hybridized carbons (Fsp3) is 0. The van der Waals surface area contributed by atoms with Crippen molar-refractivity contribution >= 4 is 38.7 Å². The predicted octanol–water partition coefficient (Wildman–Crippen LogP) is -2.33. The largest absolute Gasteiger partial charge is 3.00 e. The minimum absolute atomic E-state index is 0. The molecule has 0 aromatic heterocycles. The van der Waals surface area contributed by atoms with Gasteiger partial charge in [-0.3, -0.25) is 0 Å². The van der Waals surface area contributed by atoms with Gasteiger partial charge in [0, 0.05) is 0 Å². The molecular formula is C18H15Fe2O9P3. The first kappa shape index (κ1) is 33.3. The van der Waals surface area contributed by atoms with Gasteiger partial charge in [-0.15, -0.1) is 0 Å². The Hall–Kier alpha value is -0.851. The molecule has 0 bridgehead atoms.